The van der Waals surface area contributed by atoms with Crippen LogP contribution in [0.1, 0.15) is 51.6 Å². The molecule has 1 unspecified atom stereocenters. The number of allylic oxidation sites excluding steroid dienone is 1. The molecule has 1 atom stereocenters. The molecule has 0 N–H and O–H groups in total. The maximum atomic E-state index is 7.23. The third-order valence-corrected chi connectivity index (χ3v) is 16.4. The molecular formula is C66H43N3OS. The molecule has 0 radical (unpaired) electrons. The molecule has 0 amide bonds. The van der Waals surface area contributed by atoms with Gasteiger partial charge in [-0.25, -0.2) is 9.97 Å². The minimum atomic E-state index is -0.115. The Morgan fingerprint density at radius 2 is 1.24 bits per heavy atom. The summed E-state index contributed by atoms with van der Waals surface area (Å²) in [5.41, 5.74) is 20.9. The summed E-state index contributed by atoms with van der Waals surface area (Å²) in [5, 5.41) is 6.18. The van der Waals surface area contributed by atoms with Crippen LogP contribution in [-0.2, 0) is 6.42 Å². The fraction of sp³-hybridized carbons (Fsp3) is 0.0606. The van der Waals surface area contributed by atoms with Gasteiger partial charge in [-0.05, 0) is 106 Å². The Morgan fingerprint density at radius 3 is 2.07 bits per heavy atom. The van der Waals surface area contributed by atoms with Crippen molar-refractivity contribution in [2.75, 3.05) is 0 Å². The SMILES string of the molecule is Cc1c(-c2ccccc2)nc(-c2ccccc2)nc1C1CC(c2ccc3c(c2)Cc2ccc(-c4ccccc4)cc2-3)=Cc2oc3cc(-n4c5ccccc5c5ccc6c7ccccc7sc6c54)ccc3c21. The smallest absolute Gasteiger partial charge is 0.160 e. The Labute approximate surface area is 414 Å². The molecule has 0 saturated heterocycles. The molecule has 0 fully saturated rings. The van der Waals surface area contributed by atoms with Gasteiger partial charge in [-0.15, -0.1) is 11.3 Å². The maximum absolute atomic E-state index is 7.23. The summed E-state index contributed by atoms with van der Waals surface area (Å²) in [6.45, 7) is 2.21. The lowest BCUT2D eigenvalue weighted by molar-refractivity contribution is 0.589. The van der Waals surface area contributed by atoms with Gasteiger partial charge in [0.1, 0.15) is 11.3 Å². The van der Waals surface area contributed by atoms with E-state index < -0.39 is 0 Å². The van der Waals surface area contributed by atoms with Gasteiger partial charge in [0.2, 0.25) is 0 Å². The zero-order chi connectivity index (χ0) is 46.7. The minimum Gasteiger partial charge on any atom is -0.456 e. The van der Waals surface area contributed by atoms with E-state index in [9.17, 15) is 0 Å². The van der Waals surface area contributed by atoms with Crippen LogP contribution >= 0.6 is 11.3 Å². The van der Waals surface area contributed by atoms with Gasteiger partial charge in [0.25, 0.3) is 0 Å². The number of furan rings is 1. The van der Waals surface area contributed by atoms with Gasteiger partial charge in [0.15, 0.2) is 5.82 Å². The Kier molecular flexibility index (Phi) is 8.90. The average Bonchev–Trinajstić information content (AvgIpc) is 4.20. The minimum absolute atomic E-state index is 0.115. The van der Waals surface area contributed by atoms with Gasteiger partial charge < -0.3 is 8.98 Å². The molecular weight excluding hydrogens is 883 g/mol. The predicted molar refractivity (Wildman–Crippen MR) is 296 cm³/mol. The summed E-state index contributed by atoms with van der Waals surface area (Å²) in [5.74, 6) is 1.49. The molecule has 4 heterocycles. The number of fused-ring (bicyclic) bond motifs is 13. The van der Waals surface area contributed by atoms with Crippen LogP contribution in [0, 0.1) is 6.92 Å². The van der Waals surface area contributed by atoms with E-state index in [0.717, 1.165) is 69.2 Å². The molecule has 2 aliphatic carbocycles. The average molecular weight is 926 g/mol. The molecule has 13 aromatic rings. The normalized spacial score (nSPS) is 14.1. The first kappa shape index (κ1) is 40.3. The third-order valence-electron chi connectivity index (χ3n) is 15.2. The fourth-order valence-corrected chi connectivity index (χ4v) is 13.1. The molecule has 9 aromatic carbocycles. The van der Waals surface area contributed by atoms with Crippen molar-refractivity contribution in [3.05, 3.63) is 246 Å². The van der Waals surface area contributed by atoms with Crippen LogP contribution in [0.3, 0.4) is 0 Å². The van der Waals surface area contributed by atoms with E-state index in [2.05, 4.69) is 224 Å². The van der Waals surface area contributed by atoms with Gasteiger partial charge in [0, 0.05) is 66.0 Å². The summed E-state index contributed by atoms with van der Waals surface area (Å²) in [6, 6.07) is 74.8. The molecule has 5 heteroatoms. The van der Waals surface area contributed by atoms with Crippen LogP contribution in [0.15, 0.2) is 211 Å². The van der Waals surface area contributed by atoms with Crippen LogP contribution in [0.2, 0.25) is 0 Å². The Morgan fingerprint density at radius 1 is 0.535 bits per heavy atom. The molecule has 2 aliphatic rings. The standard InChI is InChI=1S/C66H43N3OS/c1-39-62(41-17-7-3-8-18-41)67-66(42-19-9-4-10-20-42)68-63(39)56-36-46(43-27-29-49-47(33-43)34-45-26-25-44(35-55(45)49)40-15-5-2-6-16-40)37-59-61(56)54-30-28-48(38-58(54)70-59)69-57-23-13-11-21-50(57)52-31-32-53-51-22-12-14-24-60(51)71-65(53)64(52)69/h2-33,35,37-38,56H,34,36H2,1H3. The topological polar surface area (TPSA) is 43.9 Å². The van der Waals surface area contributed by atoms with Gasteiger partial charge in [-0.2, -0.15) is 0 Å². The highest BCUT2D eigenvalue weighted by Crippen LogP contribution is 2.50. The highest BCUT2D eigenvalue weighted by molar-refractivity contribution is 7.26. The number of para-hydroxylation sites is 1. The van der Waals surface area contributed by atoms with Crippen LogP contribution in [0.5, 0.6) is 0 Å². The molecule has 0 aliphatic heterocycles. The van der Waals surface area contributed by atoms with Crippen molar-refractivity contribution < 1.29 is 4.42 Å². The number of benzene rings is 9. The van der Waals surface area contributed by atoms with Crippen molar-refractivity contribution >= 4 is 75.9 Å². The Hall–Kier alpha value is -8.64. The van der Waals surface area contributed by atoms with Gasteiger partial charge in [-0.1, -0.05) is 170 Å². The number of thiophene rings is 1. The number of nitrogens with zero attached hydrogens (tertiary/aromatic N) is 3. The summed E-state index contributed by atoms with van der Waals surface area (Å²) in [7, 11) is 0. The lowest BCUT2D eigenvalue weighted by Crippen LogP contribution is -2.13. The second kappa shape index (κ2) is 15.7. The first-order valence-corrected chi connectivity index (χ1v) is 25.3. The monoisotopic (exact) mass is 925 g/mol. The van der Waals surface area contributed by atoms with Crippen LogP contribution < -0.4 is 0 Å². The molecule has 4 aromatic heterocycles. The Balaban J connectivity index is 0.930. The number of hydrogen-bond donors (Lipinski definition) is 0. The summed E-state index contributed by atoms with van der Waals surface area (Å²) < 4.78 is 12.3. The Bertz CT molecular complexity index is 4350. The van der Waals surface area contributed by atoms with Crippen molar-refractivity contribution in [2.24, 2.45) is 0 Å². The van der Waals surface area contributed by atoms with E-state index in [0.29, 0.717) is 0 Å². The molecule has 334 valence electrons. The van der Waals surface area contributed by atoms with Crippen molar-refractivity contribution in [3.8, 4) is 50.6 Å². The fourth-order valence-electron chi connectivity index (χ4n) is 11.9. The number of rotatable bonds is 6. The van der Waals surface area contributed by atoms with Crippen LogP contribution in [-0.4, -0.2) is 14.5 Å². The lowest BCUT2D eigenvalue weighted by Gasteiger charge is -2.26. The van der Waals surface area contributed by atoms with Crippen LogP contribution in [0.4, 0.5) is 0 Å². The second-order valence-corrected chi connectivity index (χ2v) is 20.3. The summed E-state index contributed by atoms with van der Waals surface area (Å²) >= 11 is 1.88. The van der Waals surface area contributed by atoms with Gasteiger partial charge in [0.05, 0.1) is 27.1 Å². The summed E-state index contributed by atoms with van der Waals surface area (Å²) in [4.78, 5) is 10.9. The first-order chi connectivity index (χ1) is 35.1. The molecule has 4 nitrogen and oxygen atoms in total. The third kappa shape index (κ3) is 6.29. The maximum Gasteiger partial charge on any atom is 0.160 e. The van der Waals surface area contributed by atoms with E-state index in [1.165, 1.54) is 92.1 Å². The second-order valence-electron chi connectivity index (χ2n) is 19.2. The van der Waals surface area contributed by atoms with Crippen molar-refractivity contribution in [1.29, 1.82) is 0 Å². The first-order valence-electron chi connectivity index (χ1n) is 24.5. The molecule has 15 rings (SSSR count). The lowest BCUT2D eigenvalue weighted by atomic mass is 9.79. The highest BCUT2D eigenvalue weighted by atomic mass is 32.1. The molecule has 0 saturated carbocycles. The zero-order valence-corrected chi connectivity index (χ0v) is 39.7. The van der Waals surface area contributed by atoms with Gasteiger partial charge >= 0.3 is 0 Å². The number of aromatic nitrogens is 3. The zero-order valence-electron chi connectivity index (χ0n) is 38.9. The van der Waals surface area contributed by atoms with E-state index >= 15 is 0 Å². The van der Waals surface area contributed by atoms with Crippen molar-refractivity contribution in [1.82, 2.24) is 14.5 Å². The van der Waals surface area contributed by atoms with E-state index in [1.54, 1.807) is 0 Å². The predicted octanol–water partition coefficient (Wildman–Crippen LogP) is 17.6. The molecule has 0 spiro atoms. The van der Waals surface area contributed by atoms with Crippen molar-refractivity contribution in [3.63, 3.8) is 0 Å². The quantitative estimate of drug-likeness (QED) is 0.167. The van der Waals surface area contributed by atoms with Crippen LogP contribution in [0.25, 0.3) is 115 Å². The largest absolute Gasteiger partial charge is 0.456 e. The van der Waals surface area contributed by atoms with E-state index in [1.807, 2.05) is 11.3 Å². The summed E-state index contributed by atoms with van der Waals surface area (Å²) in [6.07, 6.45) is 3.98. The molecule has 71 heavy (non-hydrogen) atoms. The number of hydrogen-bond acceptors (Lipinski definition) is 4. The van der Waals surface area contributed by atoms with Crippen molar-refractivity contribution in [2.45, 2.75) is 25.7 Å². The molecule has 0 bridgehead atoms. The van der Waals surface area contributed by atoms with Gasteiger partial charge in [-0.3, -0.25) is 0 Å². The highest BCUT2D eigenvalue weighted by Gasteiger charge is 2.34. The van der Waals surface area contributed by atoms with E-state index in [4.69, 9.17) is 14.4 Å². The van der Waals surface area contributed by atoms with E-state index in [-0.39, 0.29) is 5.92 Å².